The molecular weight excluding hydrogens is 569 g/mol. The van der Waals surface area contributed by atoms with Gasteiger partial charge in [-0.3, -0.25) is 10.1 Å². The minimum Gasteiger partial charge on any atom is -0.421 e. The monoisotopic (exact) mass is 585 g/mol. The van der Waals surface area contributed by atoms with Gasteiger partial charge in [0.1, 0.15) is 6.33 Å². The van der Waals surface area contributed by atoms with Gasteiger partial charge in [0.05, 0.1) is 16.7 Å². The number of nitrogens with zero attached hydrogens (tertiary/aromatic N) is 8. The Balaban J connectivity index is 0.000000156. The van der Waals surface area contributed by atoms with Gasteiger partial charge >= 0.3 is 0 Å². The van der Waals surface area contributed by atoms with E-state index in [1.807, 2.05) is 65.2 Å². The molecule has 0 unspecified atom stereocenters. The molecule has 0 spiro atoms. The summed E-state index contributed by atoms with van der Waals surface area (Å²) >= 11 is 0. The van der Waals surface area contributed by atoms with E-state index in [4.69, 9.17) is 0 Å². The molecule has 1 radical (unpaired) electrons. The Bertz CT molecular complexity index is 1400. The molecule has 0 saturated heterocycles. The Kier molecular flexibility index (Phi) is 5.97. The largest absolute Gasteiger partial charge is 0.421 e. The summed E-state index contributed by atoms with van der Waals surface area (Å²) in [6.07, 6.45) is 3.28. The maximum atomic E-state index is 4.33. The average Bonchev–Trinajstić information content (AvgIpc) is 3.51. The van der Waals surface area contributed by atoms with Crippen molar-refractivity contribution in [3.63, 3.8) is 0 Å². The number of para-hydroxylation sites is 3. The van der Waals surface area contributed by atoms with Gasteiger partial charge in [0.2, 0.25) is 5.78 Å². The fourth-order valence-corrected chi connectivity index (χ4v) is 3.18. The molecule has 0 fully saturated rings. The number of imidazole rings is 1. The van der Waals surface area contributed by atoms with Crippen molar-refractivity contribution < 1.29 is 20.1 Å². The summed E-state index contributed by atoms with van der Waals surface area (Å²) < 4.78 is 3.90. The van der Waals surface area contributed by atoms with Gasteiger partial charge in [-0.05, 0) is 37.0 Å². The minimum atomic E-state index is 0. The van der Waals surface area contributed by atoms with Gasteiger partial charge in [0, 0.05) is 32.1 Å². The van der Waals surface area contributed by atoms with Gasteiger partial charge < -0.3 is 14.6 Å². The minimum absolute atomic E-state index is 0. The number of rotatable bonds is 2. The van der Waals surface area contributed by atoms with Gasteiger partial charge in [0.25, 0.3) is 0 Å². The molecule has 0 bridgehead atoms. The van der Waals surface area contributed by atoms with Crippen LogP contribution in [0.3, 0.4) is 0 Å². The molecule has 155 valence electrons. The Morgan fingerprint density at radius 3 is 2.42 bits per heavy atom. The Labute approximate surface area is 191 Å². The van der Waals surface area contributed by atoms with Crippen molar-refractivity contribution in [2.24, 2.45) is 0 Å². The van der Waals surface area contributed by atoms with Crippen molar-refractivity contribution in [3.8, 4) is 17.2 Å². The number of hydrogen-bond donors (Lipinski definition) is 0. The Morgan fingerprint density at radius 1 is 0.903 bits per heavy atom. The molecular formula is C22H16IrN8-2. The fourth-order valence-electron chi connectivity index (χ4n) is 3.18. The van der Waals surface area contributed by atoms with E-state index in [2.05, 4.69) is 46.9 Å². The van der Waals surface area contributed by atoms with Crippen LogP contribution in [0.25, 0.3) is 34.0 Å². The number of aryl methyl sites for hydroxylation is 1. The van der Waals surface area contributed by atoms with Gasteiger partial charge in [-0.15, -0.1) is 6.07 Å². The molecule has 0 aliphatic heterocycles. The molecule has 0 aliphatic rings. The van der Waals surface area contributed by atoms with Crippen molar-refractivity contribution in [2.45, 2.75) is 6.92 Å². The maximum Gasteiger partial charge on any atom is 0.236 e. The summed E-state index contributed by atoms with van der Waals surface area (Å²) in [5.74, 6) is 2.07. The predicted molar refractivity (Wildman–Crippen MR) is 112 cm³/mol. The zero-order valence-electron chi connectivity index (χ0n) is 16.4. The van der Waals surface area contributed by atoms with Crippen LogP contribution in [-0.4, -0.2) is 34.2 Å². The summed E-state index contributed by atoms with van der Waals surface area (Å²) in [5, 5.41) is 11.9. The van der Waals surface area contributed by atoms with Crippen molar-refractivity contribution >= 4 is 16.8 Å². The number of hydrogen-bond acceptors (Lipinski definition) is 5. The Morgan fingerprint density at radius 2 is 1.71 bits per heavy atom. The predicted octanol–water partition coefficient (Wildman–Crippen LogP) is 3.28. The van der Waals surface area contributed by atoms with Gasteiger partial charge in [-0.2, -0.15) is 38.9 Å². The van der Waals surface area contributed by atoms with Crippen LogP contribution in [0.1, 0.15) is 5.82 Å². The fraction of sp³-hybridized carbons (Fsp3) is 0.0455. The molecule has 9 heteroatoms. The third-order valence-corrected chi connectivity index (χ3v) is 4.47. The third-order valence-electron chi connectivity index (χ3n) is 4.47. The summed E-state index contributed by atoms with van der Waals surface area (Å²) in [7, 11) is 0. The van der Waals surface area contributed by atoms with E-state index >= 15 is 0 Å². The summed E-state index contributed by atoms with van der Waals surface area (Å²) in [5.41, 5.74) is 3.85. The number of benzene rings is 2. The molecule has 0 atom stereocenters. The number of pyridine rings is 1. The molecule has 8 nitrogen and oxygen atoms in total. The van der Waals surface area contributed by atoms with E-state index in [0.29, 0.717) is 11.6 Å². The van der Waals surface area contributed by atoms with Crippen LogP contribution >= 0.6 is 0 Å². The zero-order chi connectivity index (χ0) is 20.3. The van der Waals surface area contributed by atoms with Crippen LogP contribution in [0.5, 0.6) is 0 Å². The molecule has 2 aromatic carbocycles. The van der Waals surface area contributed by atoms with Crippen LogP contribution in [0.4, 0.5) is 0 Å². The molecule has 4 heterocycles. The van der Waals surface area contributed by atoms with Crippen LogP contribution in [0, 0.1) is 13.0 Å². The number of fused-ring (bicyclic) bond motifs is 3. The third kappa shape index (κ3) is 4.01. The Hall–Kier alpha value is -3.68. The number of aromatic nitrogens is 8. The molecule has 0 amide bonds. The summed E-state index contributed by atoms with van der Waals surface area (Å²) in [6, 6.07) is 24.8. The van der Waals surface area contributed by atoms with Crippen molar-refractivity contribution in [1.29, 1.82) is 0 Å². The smallest absolute Gasteiger partial charge is 0.236 e. The average molecular weight is 585 g/mol. The maximum absolute atomic E-state index is 4.33. The van der Waals surface area contributed by atoms with Crippen LogP contribution < -0.4 is 5.10 Å². The molecule has 0 N–H and O–H groups in total. The second-order valence-corrected chi connectivity index (χ2v) is 6.44. The molecule has 31 heavy (non-hydrogen) atoms. The van der Waals surface area contributed by atoms with E-state index in [9.17, 15) is 0 Å². The van der Waals surface area contributed by atoms with Crippen LogP contribution in [-0.2, 0) is 20.1 Å². The van der Waals surface area contributed by atoms with E-state index in [1.54, 1.807) is 19.4 Å². The second kappa shape index (κ2) is 8.99. The molecule has 4 aromatic heterocycles. The van der Waals surface area contributed by atoms with Crippen molar-refractivity contribution in [3.05, 3.63) is 91.1 Å². The standard InChI is InChI=1S/C14H9N4.C8H7N4.Ir/c1-2-6-11(7-3-1)17-12-8-4-5-9-13(12)18-14(17)15-10-16-18;1-6-10-8(12-11-6)7-4-2-3-5-9-7;/h1-6,8-10H;2-5H,1H3;/q2*-1;. The molecule has 6 aromatic rings. The van der Waals surface area contributed by atoms with E-state index in [1.165, 1.54) is 0 Å². The first-order valence-electron chi connectivity index (χ1n) is 9.33. The second-order valence-electron chi connectivity index (χ2n) is 6.44. The van der Waals surface area contributed by atoms with Gasteiger partial charge in [-0.1, -0.05) is 23.9 Å². The normalized spacial score (nSPS) is 10.5. The van der Waals surface area contributed by atoms with Crippen molar-refractivity contribution in [1.82, 2.24) is 39.3 Å². The first kappa shape index (κ1) is 20.6. The van der Waals surface area contributed by atoms with E-state index in [-0.39, 0.29) is 20.1 Å². The topological polar surface area (TPSA) is 87.9 Å². The summed E-state index contributed by atoms with van der Waals surface area (Å²) in [6.45, 7) is 1.80. The van der Waals surface area contributed by atoms with Crippen molar-refractivity contribution in [2.75, 3.05) is 0 Å². The van der Waals surface area contributed by atoms with Gasteiger partial charge in [0.15, 0.2) is 0 Å². The first-order valence-corrected chi connectivity index (χ1v) is 9.33. The molecule has 6 rings (SSSR count). The quantitative estimate of drug-likeness (QED) is 0.291. The first-order chi connectivity index (χ1) is 14.8. The van der Waals surface area contributed by atoms with E-state index in [0.717, 1.165) is 28.2 Å². The van der Waals surface area contributed by atoms with E-state index < -0.39 is 0 Å². The van der Waals surface area contributed by atoms with Gasteiger partial charge in [-0.25, -0.2) is 0 Å². The molecule has 0 saturated carbocycles. The van der Waals surface area contributed by atoms with Crippen LogP contribution in [0.2, 0.25) is 0 Å². The summed E-state index contributed by atoms with van der Waals surface area (Å²) in [4.78, 5) is 12.5. The SMILES string of the molecule is Cc1n[n-]c(-c2ccccn2)n1.[Ir].[c-]1ccccc1-n1c2ccccc2n2ncnc12. The zero-order valence-corrected chi connectivity index (χ0v) is 18.8. The van der Waals surface area contributed by atoms with Crippen LogP contribution in [0.15, 0.2) is 79.3 Å². The molecule has 0 aliphatic carbocycles.